The van der Waals surface area contributed by atoms with Crippen LogP contribution >= 0.6 is 39.9 Å². The second kappa shape index (κ2) is 11.0. The van der Waals surface area contributed by atoms with Crippen molar-refractivity contribution in [3.05, 3.63) is 69.0 Å². The molecule has 1 saturated heterocycles. The number of fused-ring (bicyclic) bond motifs is 1. The van der Waals surface area contributed by atoms with Crippen LogP contribution in [0.4, 0.5) is 5.69 Å². The Balaban J connectivity index is 1.59. The molecule has 0 saturated carbocycles. The fourth-order valence-corrected chi connectivity index (χ4v) is 5.98. The van der Waals surface area contributed by atoms with Crippen molar-refractivity contribution in [1.82, 2.24) is 4.90 Å². The summed E-state index contributed by atoms with van der Waals surface area (Å²) < 4.78 is 1.41. The minimum atomic E-state index is -0.146. The Bertz CT molecular complexity index is 1100. The van der Waals surface area contributed by atoms with E-state index in [1.807, 2.05) is 48.5 Å². The molecule has 0 N–H and O–H groups in total. The summed E-state index contributed by atoms with van der Waals surface area (Å²) in [4.78, 5) is 30.8. The number of carbonyl (C=O) groups excluding carboxylic acids is 2. The van der Waals surface area contributed by atoms with Crippen molar-refractivity contribution in [3.8, 4) is 0 Å². The van der Waals surface area contributed by atoms with Crippen LogP contribution in [-0.2, 0) is 16.1 Å². The highest BCUT2D eigenvalue weighted by Gasteiger charge is 2.41. The average Bonchev–Trinajstić information content (AvgIpc) is 3.23. The van der Waals surface area contributed by atoms with E-state index in [4.69, 9.17) is 12.2 Å². The molecule has 2 aromatic rings. The number of anilines is 1. The minimum absolute atomic E-state index is 0.144. The molecule has 7 heteroatoms. The lowest BCUT2D eigenvalue weighted by atomic mass is 10.1. The SMILES string of the molecule is CCCCCCCCN1C(=O)/C(=C2\C(=O)N(Cc3ccccc3)c3ccc(Br)cc32)SC1=S. The first-order valence-corrected chi connectivity index (χ1v) is 13.5. The number of nitrogens with zero attached hydrogens (tertiary/aromatic N) is 2. The lowest BCUT2D eigenvalue weighted by molar-refractivity contribution is -0.122. The molecule has 0 aliphatic carbocycles. The first-order valence-electron chi connectivity index (χ1n) is 11.4. The lowest BCUT2D eigenvalue weighted by Gasteiger charge is -2.17. The number of thiocarbonyl (C=S) groups is 1. The smallest absolute Gasteiger partial charge is 0.267 e. The Kier molecular flexibility index (Phi) is 8.04. The number of hydrogen-bond donors (Lipinski definition) is 0. The van der Waals surface area contributed by atoms with E-state index in [1.165, 1.54) is 37.4 Å². The van der Waals surface area contributed by atoms with E-state index in [0.717, 1.165) is 34.1 Å². The number of rotatable bonds is 9. The van der Waals surface area contributed by atoms with E-state index in [0.29, 0.717) is 27.9 Å². The maximum Gasteiger partial charge on any atom is 0.267 e. The van der Waals surface area contributed by atoms with E-state index in [9.17, 15) is 9.59 Å². The molecule has 0 aromatic heterocycles. The molecule has 172 valence electrons. The fourth-order valence-electron chi connectivity index (χ4n) is 4.24. The number of carbonyl (C=O) groups is 2. The van der Waals surface area contributed by atoms with Crippen molar-refractivity contribution in [2.24, 2.45) is 0 Å². The Hall–Kier alpha value is -1.96. The normalized spacial score (nSPS) is 17.9. The highest BCUT2D eigenvalue weighted by molar-refractivity contribution is 9.10. The highest BCUT2D eigenvalue weighted by Crippen LogP contribution is 2.46. The summed E-state index contributed by atoms with van der Waals surface area (Å²) in [7, 11) is 0. The Morgan fingerprint density at radius 1 is 0.909 bits per heavy atom. The summed E-state index contributed by atoms with van der Waals surface area (Å²) in [5.74, 6) is -0.290. The van der Waals surface area contributed by atoms with Gasteiger partial charge in [-0.3, -0.25) is 14.5 Å². The zero-order chi connectivity index (χ0) is 23.4. The number of thioether (sulfide) groups is 1. The summed E-state index contributed by atoms with van der Waals surface area (Å²) in [6.45, 7) is 3.27. The second-order valence-electron chi connectivity index (χ2n) is 8.34. The summed E-state index contributed by atoms with van der Waals surface area (Å²) in [5.41, 5.74) is 3.11. The summed E-state index contributed by atoms with van der Waals surface area (Å²) in [6, 6.07) is 15.7. The lowest BCUT2D eigenvalue weighted by Crippen LogP contribution is -2.30. The van der Waals surface area contributed by atoms with Crippen LogP contribution in [0.3, 0.4) is 0 Å². The molecule has 2 heterocycles. The first-order chi connectivity index (χ1) is 16.0. The zero-order valence-corrected chi connectivity index (χ0v) is 21.9. The van der Waals surface area contributed by atoms with E-state index >= 15 is 0 Å². The largest absolute Gasteiger partial charge is 0.303 e. The van der Waals surface area contributed by atoms with E-state index in [2.05, 4.69) is 22.9 Å². The molecule has 0 unspecified atom stereocenters. The molecule has 0 bridgehead atoms. The van der Waals surface area contributed by atoms with Crippen molar-refractivity contribution < 1.29 is 9.59 Å². The van der Waals surface area contributed by atoms with Crippen molar-refractivity contribution >= 4 is 67.3 Å². The summed E-state index contributed by atoms with van der Waals surface area (Å²) >= 11 is 10.3. The Morgan fingerprint density at radius 3 is 2.39 bits per heavy atom. The summed E-state index contributed by atoms with van der Waals surface area (Å²) in [6.07, 6.45) is 6.89. The molecule has 2 aromatic carbocycles. The van der Waals surface area contributed by atoms with Crippen molar-refractivity contribution in [2.45, 2.75) is 52.0 Å². The molecule has 2 amide bonds. The Labute approximate surface area is 213 Å². The van der Waals surface area contributed by atoms with Crippen molar-refractivity contribution in [2.75, 3.05) is 11.4 Å². The van der Waals surface area contributed by atoms with Gasteiger partial charge in [0.15, 0.2) is 0 Å². The number of halogens is 1. The van der Waals surface area contributed by atoms with E-state index < -0.39 is 0 Å². The van der Waals surface area contributed by atoms with E-state index in [1.54, 1.807) is 9.80 Å². The van der Waals surface area contributed by atoms with Gasteiger partial charge in [0.05, 0.1) is 22.7 Å². The monoisotopic (exact) mass is 542 g/mol. The summed E-state index contributed by atoms with van der Waals surface area (Å²) in [5, 5.41) is 0. The van der Waals surface area contributed by atoms with Crippen molar-refractivity contribution in [3.63, 3.8) is 0 Å². The zero-order valence-electron chi connectivity index (χ0n) is 18.7. The standard InChI is InChI=1S/C26H27BrN2O2S2/c1-2-3-4-5-6-10-15-28-25(31)23(33-26(28)32)22-20-16-19(27)13-14-21(20)29(24(22)30)17-18-11-8-7-9-12-18/h7-9,11-14,16H,2-6,10,15,17H2,1H3/b23-22+. The van der Waals surface area contributed by atoms with Gasteiger partial charge in [0.25, 0.3) is 11.8 Å². The molecule has 1 fully saturated rings. The van der Waals surface area contributed by atoms with E-state index in [-0.39, 0.29) is 11.8 Å². The van der Waals surface area contributed by atoms with Gasteiger partial charge >= 0.3 is 0 Å². The molecule has 2 aliphatic heterocycles. The van der Waals surface area contributed by atoms with Crippen LogP contribution in [0.15, 0.2) is 57.9 Å². The van der Waals surface area contributed by atoms with Crippen LogP contribution < -0.4 is 4.90 Å². The molecular weight excluding hydrogens is 516 g/mol. The molecular formula is C26H27BrN2O2S2. The van der Waals surface area contributed by atoms with Gasteiger partial charge in [0, 0.05) is 16.6 Å². The van der Waals surface area contributed by atoms with Crippen molar-refractivity contribution in [1.29, 1.82) is 0 Å². The molecule has 0 atom stereocenters. The third kappa shape index (κ3) is 5.26. The van der Waals surface area contributed by atoms with Gasteiger partial charge in [-0.1, -0.05) is 109 Å². The number of amides is 2. The van der Waals surface area contributed by atoms with Gasteiger partial charge in [0.1, 0.15) is 4.32 Å². The minimum Gasteiger partial charge on any atom is -0.303 e. The van der Waals surface area contributed by atoms with Crippen LogP contribution in [0.1, 0.15) is 56.6 Å². The molecule has 33 heavy (non-hydrogen) atoms. The molecule has 2 aliphatic rings. The predicted octanol–water partition coefficient (Wildman–Crippen LogP) is 6.93. The van der Waals surface area contributed by atoms with Crippen LogP contribution in [-0.4, -0.2) is 27.6 Å². The van der Waals surface area contributed by atoms with Gasteiger partial charge < -0.3 is 4.90 Å². The third-order valence-electron chi connectivity index (χ3n) is 5.97. The first kappa shape index (κ1) is 24.2. The second-order valence-corrected chi connectivity index (χ2v) is 10.9. The number of hydrogen-bond acceptors (Lipinski definition) is 4. The number of benzene rings is 2. The van der Waals surface area contributed by atoms with Crippen LogP contribution in [0, 0.1) is 0 Å². The molecule has 4 rings (SSSR count). The van der Waals surface area contributed by atoms with Crippen LogP contribution in [0.2, 0.25) is 0 Å². The van der Waals surface area contributed by atoms with Gasteiger partial charge in [-0.05, 0) is 30.2 Å². The van der Waals surface area contributed by atoms with Crippen LogP contribution in [0.5, 0.6) is 0 Å². The maximum atomic E-state index is 13.6. The predicted molar refractivity (Wildman–Crippen MR) is 144 cm³/mol. The Morgan fingerprint density at radius 2 is 1.64 bits per heavy atom. The fraction of sp³-hybridized carbons (Fsp3) is 0.346. The maximum absolute atomic E-state index is 13.6. The van der Waals surface area contributed by atoms with Gasteiger partial charge in [0.2, 0.25) is 0 Å². The highest BCUT2D eigenvalue weighted by atomic mass is 79.9. The molecule has 4 nitrogen and oxygen atoms in total. The van der Waals surface area contributed by atoms with Crippen LogP contribution in [0.25, 0.3) is 5.57 Å². The number of unbranched alkanes of at least 4 members (excludes halogenated alkanes) is 5. The van der Waals surface area contributed by atoms with Gasteiger partial charge in [-0.2, -0.15) is 0 Å². The average molecular weight is 544 g/mol. The molecule has 0 spiro atoms. The third-order valence-corrected chi connectivity index (χ3v) is 7.91. The quantitative estimate of drug-likeness (QED) is 0.195. The van der Waals surface area contributed by atoms with Gasteiger partial charge in [-0.15, -0.1) is 0 Å². The topological polar surface area (TPSA) is 40.6 Å². The van der Waals surface area contributed by atoms with Gasteiger partial charge in [-0.25, -0.2) is 0 Å². The molecule has 0 radical (unpaired) electrons.